The Balaban J connectivity index is 0.000000531. The number of hydrogen-bond acceptors (Lipinski definition) is 1. The van der Waals surface area contributed by atoms with Gasteiger partial charge in [0, 0.05) is 6.54 Å². The Kier molecular flexibility index (Phi) is 5.41. The fraction of sp³-hybridized carbons (Fsp3) is 0.571. The van der Waals surface area contributed by atoms with Crippen molar-refractivity contribution in [3.05, 3.63) is 35.4 Å². The Labute approximate surface area is 94.1 Å². The molecule has 0 atom stereocenters. The molecule has 1 aliphatic heterocycles. The van der Waals surface area contributed by atoms with E-state index in [1.807, 2.05) is 13.8 Å². The Morgan fingerprint density at radius 3 is 2.27 bits per heavy atom. The van der Waals surface area contributed by atoms with Crippen LogP contribution in [0.2, 0.25) is 0 Å². The molecule has 0 radical (unpaired) electrons. The minimum atomic E-state index is 1.15. The van der Waals surface area contributed by atoms with Gasteiger partial charge in [0.2, 0.25) is 0 Å². The number of nitrogens with zero attached hydrogens (tertiary/aromatic N) is 1. The van der Waals surface area contributed by atoms with Crippen molar-refractivity contribution < 1.29 is 0 Å². The average Bonchev–Trinajstić information content (AvgIpc) is 2.77. The molecule has 0 bridgehead atoms. The van der Waals surface area contributed by atoms with Crippen LogP contribution in [0.25, 0.3) is 0 Å². The van der Waals surface area contributed by atoms with Crippen molar-refractivity contribution in [2.24, 2.45) is 0 Å². The second-order valence-corrected chi connectivity index (χ2v) is 3.91. The van der Waals surface area contributed by atoms with Gasteiger partial charge in [-0.3, -0.25) is 4.90 Å². The summed E-state index contributed by atoms with van der Waals surface area (Å²) in [5.41, 5.74) is 2.92. The van der Waals surface area contributed by atoms with Crippen LogP contribution in [-0.2, 0) is 6.54 Å². The van der Waals surface area contributed by atoms with E-state index in [0.717, 1.165) is 6.54 Å². The lowest BCUT2D eigenvalue weighted by Gasteiger charge is -2.15. The summed E-state index contributed by atoms with van der Waals surface area (Å²) in [5.74, 6) is 0. The lowest BCUT2D eigenvalue weighted by molar-refractivity contribution is 0.331. The van der Waals surface area contributed by atoms with E-state index in [1.54, 1.807) is 0 Å². The molecular weight excluding hydrogens is 182 g/mol. The number of hydrogen-bond donors (Lipinski definition) is 0. The Hall–Kier alpha value is -0.820. The van der Waals surface area contributed by atoms with E-state index < -0.39 is 0 Å². The van der Waals surface area contributed by atoms with Gasteiger partial charge in [-0.1, -0.05) is 38.1 Å². The van der Waals surface area contributed by atoms with Gasteiger partial charge in [0.15, 0.2) is 0 Å². The smallest absolute Gasteiger partial charge is 0.0236 e. The van der Waals surface area contributed by atoms with E-state index in [0.29, 0.717) is 0 Å². The predicted molar refractivity (Wildman–Crippen MR) is 67.0 cm³/mol. The van der Waals surface area contributed by atoms with Crippen LogP contribution in [0.15, 0.2) is 24.3 Å². The summed E-state index contributed by atoms with van der Waals surface area (Å²) < 4.78 is 0. The zero-order chi connectivity index (χ0) is 11.1. The molecule has 1 aromatic carbocycles. The molecule has 1 saturated heterocycles. The second kappa shape index (κ2) is 6.62. The third-order valence-corrected chi connectivity index (χ3v) is 2.85. The van der Waals surface area contributed by atoms with Crippen LogP contribution in [0.1, 0.15) is 37.8 Å². The molecule has 1 heteroatoms. The lowest BCUT2D eigenvalue weighted by atomic mass is 10.1. The molecule has 2 rings (SSSR count). The third-order valence-electron chi connectivity index (χ3n) is 2.85. The maximum absolute atomic E-state index is 2.54. The van der Waals surface area contributed by atoms with Crippen molar-refractivity contribution in [3.8, 4) is 0 Å². The molecule has 1 heterocycles. The van der Waals surface area contributed by atoms with Crippen LogP contribution in [0.5, 0.6) is 0 Å². The Morgan fingerprint density at radius 2 is 1.67 bits per heavy atom. The van der Waals surface area contributed by atoms with Crippen molar-refractivity contribution in [3.63, 3.8) is 0 Å². The molecular formula is C14H23N. The summed E-state index contributed by atoms with van der Waals surface area (Å²) in [7, 11) is 0. The quantitative estimate of drug-likeness (QED) is 0.713. The standard InChI is InChI=1S/C12H17N.C2H6/c1-11-6-2-3-7-12(11)10-13-8-4-5-9-13;1-2/h2-3,6-7H,4-5,8-10H2,1H3;1-2H3. The molecule has 15 heavy (non-hydrogen) atoms. The summed E-state index contributed by atoms with van der Waals surface area (Å²) in [5, 5.41) is 0. The van der Waals surface area contributed by atoms with Crippen LogP contribution in [0.4, 0.5) is 0 Å². The molecule has 0 N–H and O–H groups in total. The minimum Gasteiger partial charge on any atom is -0.299 e. The minimum absolute atomic E-state index is 1.15. The van der Waals surface area contributed by atoms with E-state index in [9.17, 15) is 0 Å². The van der Waals surface area contributed by atoms with Crippen LogP contribution >= 0.6 is 0 Å². The first-order valence-electron chi connectivity index (χ1n) is 6.13. The van der Waals surface area contributed by atoms with Crippen molar-refractivity contribution >= 4 is 0 Å². The molecule has 0 unspecified atom stereocenters. The highest BCUT2D eigenvalue weighted by Gasteiger charge is 2.11. The average molecular weight is 205 g/mol. The van der Waals surface area contributed by atoms with Crippen molar-refractivity contribution in [1.29, 1.82) is 0 Å². The number of rotatable bonds is 2. The number of aryl methyl sites for hydroxylation is 1. The maximum Gasteiger partial charge on any atom is 0.0236 e. The van der Waals surface area contributed by atoms with Gasteiger partial charge in [0.05, 0.1) is 0 Å². The van der Waals surface area contributed by atoms with Gasteiger partial charge < -0.3 is 0 Å². The molecule has 0 aromatic heterocycles. The zero-order valence-electron chi connectivity index (χ0n) is 10.3. The molecule has 0 spiro atoms. The maximum atomic E-state index is 2.54. The Bertz CT molecular complexity index is 274. The summed E-state index contributed by atoms with van der Waals surface area (Å²) in [6, 6.07) is 8.69. The summed E-state index contributed by atoms with van der Waals surface area (Å²) >= 11 is 0. The van der Waals surface area contributed by atoms with Crippen molar-refractivity contribution in [2.75, 3.05) is 13.1 Å². The van der Waals surface area contributed by atoms with E-state index >= 15 is 0 Å². The molecule has 1 nitrogen and oxygen atoms in total. The van der Waals surface area contributed by atoms with E-state index in [2.05, 4.69) is 36.1 Å². The molecule has 0 aliphatic carbocycles. The monoisotopic (exact) mass is 205 g/mol. The van der Waals surface area contributed by atoms with Gasteiger partial charge in [0.25, 0.3) is 0 Å². The normalized spacial score (nSPS) is 15.9. The molecule has 0 saturated carbocycles. The number of likely N-dealkylation sites (tertiary alicyclic amines) is 1. The molecule has 1 aliphatic rings. The van der Waals surface area contributed by atoms with E-state index in [4.69, 9.17) is 0 Å². The summed E-state index contributed by atoms with van der Waals surface area (Å²) in [4.78, 5) is 2.54. The first-order chi connectivity index (χ1) is 7.36. The highest BCUT2D eigenvalue weighted by Crippen LogP contribution is 2.14. The van der Waals surface area contributed by atoms with Crippen LogP contribution < -0.4 is 0 Å². The van der Waals surface area contributed by atoms with Gasteiger partial charge in [0.1, 0.15) is 0 Å². The largest absolute Gasteiger partial charge is 0.299 e. The molecule has 1 fully saturated rings. The highest BCUT2D eigenvalue weighted by molar-refractivity contribution is 5.25. The SMILES string of the molecule is CC.Cc1ccccc1CN1CCCC1. The predicted octanol–water partition coefficient (Wildman–Crippen LogP) is 3.62. The van der Waals surface area contributed by atoms with Gasteiger partial charge in [-0.15, -0.1) is 0 Å². The van der Waals surface area contributed by atoms with E-state index in [1.165, 1.54) is 37.1 Å². The highest BCUT2D eigenvalue weighted by atomic mass is 15.1. The van der Waals surface area contributed by atoms with Crippen LogP contribution in [-0.4, -0.2) is 18.0 Å². The third kappa shape index (κ3) is 3.67. The van der Waals surface area contributed by atoms with Crippen LogP contribution in [0.3, 0.4) is 0 Å². The molecule has 1 aromatic rings. The second-order valence-electron chi connectivity index (χ2n) is 3.91. The van der Waals surface area contributed by atoms with E-state index in [-0.39, 0.29) is 0 Å². The first kappa shape index (κ1) is 12.3. The fourth-order valence-corrected chi connectivity index (χ4v) is 1.97. The summed E-state index contributed by atoms with van der Waals surface area (Å²) in [6.07, 6.45) is 2.76. The number of benzene rings is 1. The van der Waals surface area contributed by atoms with Gasteiger partial charge in [-0.05, 0) is 44.0 Å². The van der Waals surface area contributed by atoms with Gasteiger partial charge in [-0.2, -0.15) is 0 Å². The molecule has 84 valence electrons. The first-order valence-corrected chi connectivity index (χ1v) is 6.13. The van der Waals surface area contributed by atoms with Crippen molar-refractivity contribution in [2.45, 2.75) is 40.2 Å². The zero-order valence-corrected chi connectivity index (χ0v) is 10.3. The van der Waals surface area contributed by atoms with Crippen LogP contribution in [0, 0.1) is 6.92 Å². The lowest BCUT2D eigenvalue weighted by Crippen LogP contribution is -2.18. The fourth-order valence-electron chi connectivity index (χ4n) is 1.97. The topological polar surface area (TPSA) is 3.24 Å². The summed E-state index contributed by atoms with van der Waals surface area (Å²) in [6.45, 7) is 9.92. The Morgan fingerprint density at radius 1 is 1.07 bits per heavy atom. The van der Waals surface area contributed by atoms with Crippen molar-refractivity contribution in [1.82, 2.24) is 4.90 Å². The van der Waals surface area contributed by atoms with Gasteiger partial charge in [-0.25, -0.2) is 0 Å². The molecule has 0 amide bonds. The van der Waals surface area contributed by atoms with Gasteiger partial charge >= 0.3 is 0 Å².